The third-order valence-corrected chi connectivity index (χ3v) is 2.88. The molecule has 1 aliphatic carbocycles. The first-order chi connectivity index (χ1) is 7.00. The lowest BCUT2D eigenvalue weighted by Gasteiger charge is -2.29. The second-order valence-corrected chi connectivity index (χ2v) is 4.39. The zero-order chi connectivity index (χ0) is 11.4. The minimum atomic E-state index is -0.617. The molecule has 3 N–H and O–H groups in total. The lowest BCUT2D eigenvalue weighted by atomic mass is 9.76. The number of nitrogens with two attached hydrogens (primary N) is 1. The molecule has 3 atom stereocenters. The van der Waals surface area contributed by atoms with Crippen molar-refractivity contribution in [3.63, 3.8) is 0 Å². The molecule has 1 aliphatic rings. The maximum Gasteiger partial charge on any atom is 0.332 e. The number of carbonyl (C=O) groups excluding carboxylic acids is 1. The Morgan fingerprint density at radius 3 is 2.87 bits per heavy atom. The van der Waals surface area contributed by atoms with Crippen molar-refractivity contribution >= 4 is 12.2 Å². The van der Waals surface area contributed by atoms with Gasteiger partial charge in [0.25, 0.3) is 0 Å². The standard InChI is InChI=1S/C11H19N3O/c1-7-4-8(2)10(9(3)5-7)6-13-14-11(12)15/h4,6,8-10H,5H2,1-3H3,(H3,12,14,15)/b13-6-/t8-,9-,10+/m0/s1. The summed E-state index contributed by atoms with van der Waals surface area (Å²) in [5, 5.41) is 3.84. The average molecular weight is 209 g/mol. The van der Waals surface area contributed by atoms with E-state index < -0.39 is 6.03 Å². The molecule has 0 aromatic rings. The van der Waals surface area contributed by atoms with Gasteiger partial charge in [-0.25, -0.2) is 10.2 Å². The Kier molecular flexibility index (Phi) is 3.88. The normalized spacial score (nSPS) is 31.4. The van der Waals surface area contributed by atoms with Crippen LogP contribution in [0.25, 0.3) is 0 Å². The van der Waals surface area contributed by atoms with E-state index in [0.717, 1.165) is 6.42 Å². The Labute approximate surface area is 90.6 Å². The monoisotopic (exact) mass is 209 g/mol. The first kappa shape index (κ1) is 11.8. The zero-order valence-electron chi connectivity index (χ0n) is 9.53. The minimum Gasteiger partial charge on any atom is -0.350 e. The molecule has 0 saturated heterocycles. The predicted octanol–water partition coefficient (Wildman–Crippen LogP) is 1.88. The second kappa shape index (κ2) is 4.96. The number of hydrazone groups is 1. The fourth-order valence-corrected chi connectivity index (χ4v) is 2.26. The molecule has 0 bridgehead atoms. The predicted molar refractivity (Wildman–Crippen MR) is 61.4 cm³/mol. The number of urea groups is 1. The molecule has 0 heterocycles. The van der Waals surface area contributed by atoms with Gasteiger partial charge in [-0.1, -0.05) is 25.5 Å². The van der Waals surface area contributed by atoms with Gasteiger partial charge in [-0.15, -0.1) is 0 Å². The Morgan fingerprint density at radius 1 is 1.67 bits per heavy atom. The van der Waals surface area contributed by atoms with Crippen LogP contribution in [0.5, 0.6) is 0 Å². The fourth-order valence-electron chi connectivity index (χ4n) is 2.26. The number of rotatable bonds is 2. The van der Waals surface area contributed by atoms with Gasteiger partial charge in [0.1, 0.15) is 0 Å². The molecule has 4 nitrogen and oxygen atoms in total. The Hall–Kier alpha value is -1.32. The Balaban J connectivity index is 2.61. The SMILES string of the molecule is CC1=C[C@H](C)[C@@H](/C=N\NC(N)=O)[C@@H](C)C1. The van der Waals surface area contributed by atoms with Crippen LogP contribution in [0, 0.1) is 17.8 Å². The molecular formula is C11H19N3O. The molecule has 15 heavy (non-hydrogen) atoms. The summed E-state index contributed by atoms with van der Waals surface area (Å²) >= 11 is 0. The van der Waals surface area contributed by atoms with Crippen LogP contribution in [0.3, 0.4) is 0 Å². The van der Waals surface area contributed by atoms with E-state index in [0.29, 0.717) is 17.8 Å². The summed E-state index contributed by atoms with van der Waals surface area (Å²) in [7, 11) is 0. The van der Waals surface area contributed by atoms with Crippen LogP contribution < -0.4 is 11.2 Å². The number of allylic oxidation sites excluding steroid dienone is 2. The van der Waals surface area contributed by atoms with E-state index in [2.05, 4.69) is 37.4 Å². The van der Waals surface area contributed by atoms with Crippen molar-refractivity contribution in [1.82, 2.24) is 5.43 Å². The van der Waals surface area contributed by atoms with E-state index in [9.17, 15) is 4.79 Å². The van der Waals surface area contributed by atoms with E-state index in [-0.39, 0.29) is 0 Å². The van der Waals surface area contributed by atoms with Gasteiger partial charge < -0.3 is 5.73 Å². The molecule has 1 rings (SSSR count). The van der Waals surface area contributed by atoms with Gasteiger partial charge in [-0.3, -0.25) is 0 Å². The molecule has 0 spiro atoms. The van der Waals surface area contributed by atoms with Crippen LogP contribution in [0.4, 0.5) is 4.79 Å². The molecular weight excluding hydrogens is 190 g/mol. The maximum absolute atomic E-state index is 10.4. The van der Waals surface area contributed by atoms with Crippen molar-refractivity contribution in [3.8, 4) is 0 Å². The number of hydrogen-bond acceptors (Lipinski definition) is 2. The molecule has 4 heteroatoms. The summed E-state index contributed by atoms with van der Waals surface area (Å²) in [5.41, 5.74) is 8.59. The zero-order valence-corrected chi connectivity index (χ0v) is 9.53. The van der Waals surface area contributed by atoms with Gasteiger partial charge in [0.05, 0.1) is 0 Å². The fraction of sp³-hybridized carbons (Fsp3) is 0.636. The van der Waals surface area contributed by atoms with Gasteiger partial charge in [-0.05, 0) is 25.2 Å². The summed E-state index contributed by atoms with van der Waals surface area (Å²) in [6, 6.07) is -0.617. The summed E-state index contributed by atoms with van der Waals surface area (Å²) in [6.45, 7) is 6.52. The lowest BCUT2D eigenvalue weighted by molar-refractivity contribution is 0.249. The van der Waals surface area contributed by atoms with Gasteiger partial charge in [0, 0.05) is 12.1 Å². The van der Waals surface area contributed by atoms with Crippen LogP contribution in [0.1, 0.15) is 27.2 Å². The van der Waals surface area contributed by atoms with E-state index in [1.807, 2.05) is 0 Å². The number of amides is 2. The summed E-state index contributed by atoms with van der Waals surface area (Å²) in [4.78, 5) is 10.4. The molecule has 0 unspecified atom stereocenters. The van der Waals surface area contributed by atoms with E-state index >= 15 is 0 Å². The van der Waals surface area contributed by atoms with Gasteiger partial charge in [-0.2, -0.15) is 5.10 Å². The van der Waals surface area contributed by atoms with Crippen molar-refractivity contribution in [1.29, 1.82) is 0 Å². The van der Waals surface area contributed by atoms with Crippen molar-refractivity contribution < 1.29 is 4.79 Å². The maximum atomic E-state index is 10.4. The second-order valence-electron chi connectivity index (χ2n) is 4.39. The van der Waals surface area contributed by atoms with Crippen molar-refractivity contribution in [2.24, 2.45) is 28.6 Å². The quantitative estimate of drug-likeness (QED) is 0.407. The summed E-state index contributed by atoms with van der Waals surface area (Å²) < 4.78 is 0. The number of carbonyl (C=O) groups is 1. The lowest BCUT2D eigenvalue weighted by Crippen LogP contribution is -2.28. The van der Waals surface area contributed by atoms with Gasteiger partial charge in [0.2, 0.25) is 0 Å². The third kappa shape index (κ3) is 3.38. The molecule has 0 fully saturated rings. The average Bonchev–Trinajstić information content (AvgIpc) is 2.08. The number of hydrogen-bond donors (Lipinski definition) is 2. The number of primary amides is 1. The number of nitrogens with one attached hydrogen (secondary N) is 1. The highest BCUT2D eigenvalue weighted by atomic mass is 16.2. The first-order valence-corrected chi connectivity index (χ1v) is 5.26. The Bertz CT molecular complexity index is 296. The van der Waals surface area contributed by atoms with Crippen molar-refractivity contribution in [3.05, 3.63) is 11.6 Å². The van der Waals surface area contributed by atoms with Crippen molar-refractivity contribution in [2.75, 3.05) is 0 Å². The third-order valence-electron chi connectivity index (χ3n) is 2.88. The molecule has 0 saturated carbocycles. The molecule has 84 valence electrons. The van der Waals surface area contributed by atoms with Crippen LogP contribution in [-0.4, -0.2) is 12.2 Å². The molecule has 0 radical (unpaired) electrons. The highest BCUT2D eigenvalue weighted by molar-refractivity contribution is 5.73. The largest absolute Gasteiger partial charge is 0.350 e. The minimum absolute atomic E-state index is 0.376. The van der Waals surface area contributed by atoms with Crippen LogP contribution in [0.15, 0.2) is 16.8 Å². The van der Waals surface area contributed by atoms with E-state index in [1.165, 1.54) is 5.57 Å². The van der Waals surface area contributed by atoms with Crippen molar-refractivity contribution in [2.45, 2.75) is 27.2 Å². The summed E-state index contributed by atoms with van der Waals surface area (Å²) in [6.07, 6.45) is 5.15. The van der Waals surface area contributed by atoms with Crippen LogP contribution in [0.2, 0.25) is 0 Å². The van der Waals surface area contributed by atoms with Crippen LogP contribution in [-0.2, 0) is 0 Å². The highest BCUT2D eigenvalue weighted by Crippen LogP contribution is 2.31. The molecule has 0 aromatic carbocycles. The van der Waals surface area contributed by atoms with E-state index in [4.69, 9.17) is 5.73 Å². The number of nitrogens with zero attached hydrogens (tertiary/aromatic N) is 1. The highest BCUT2D eigenvalue weighted by Gasteiger charge is 2.25. The smallest absolute Gasteiger partial charge is 0.332 e. The van der Waals surface area contributed by atoms with Gasteiger partial charge in [0.15, 0.2) is 0 Å². The molecule has 0 aromatic heterocycles. The van der Waals surface area contributed by atoms with Gasteiger partial charge >= 0.3 is 6.03 Å². The molecule has 0 aliphatic heterocycles. The summed E-state index contributed by atoms with van der Waals surface area (Å²) in [5.74, 6) is 1.40. The van der Waals surface area contributed by atoms with E-state index in [1.54, 1.807) is 6.21 Å². The first-order valence-electron chi connectivity index (χ1n) is 5.26. The van der Waals surface area contributed by atoms with Crippen LogP contribution >= 0.6 is 0 Å². The molecule has 2 amide bonds. The topological polar surface area (TPSA) is 67.5 Å². The Morgan fingerprint density at radius 2 is 2.33 bits per heavy atom.